The van der Waals surface area contributed by atoms with Gasteiger partial charge >= 0.3 is 12.4 Å². The van der Waals surface area contributed by atoms with E-state index in [-0.39, 0.29) is 6.07 Å². The zero-order valence-electron chi connectivity index (χ0n) is 7.83. The Hall–Kier alpha value is -1.40. The molecule has 0 unspecified atom stereocenters. The smallest absolute Gasteiger partial charge is 0.417 e. The SMILES string of the molecule is COc1[c]c(C(F)(F)F)cc(C(F)(F)F)c1. The minimum absolute atomic E-state index is 0.0114. The number of methoxy groups -OCH3 is 1. The molecule has 0 amide bonds. The molecule has 0 bridgehead atoms. The van der Waals surface area contributed by atoms with Crippen molar-refractivity contribution in [3.63, 3.8) is 0 Å². The van der Waals surface area contributed by atoms with Gasteiger partial charge in [-0.05, 0) is 12.1 Å². The zero-order valence-corrected chi connectivity index (χ0v) is 7.83. The summed E-state index contributed by atoms with van der Waals surface area (Å²) in [6.45, 7) is 0. The van der Waals surface area contributed by atoms with E-state index in [0.29, 0.717) is 6.07 Å². The lowest BCUT2D eigenvalue weighted by Crippen LogP contribution is -2.11. The summed E-state index contributed by atoms with van der Waals surface area (Å²) in [4.78, 5) is 0. The molecule has 1 aromatic carbocycles. The summed E-state index contributed by atoms with van der Waals surface area (Å²) in [6, 6.07) is 2.14. The highest BCUT2D eigenvalue weighted by Crippen LogP contribution is 2.37. The highest BCUT2D eigenvalue weighted by molar-refractivity contribution is 5.36. The zero-order chi connectivity index (χ0) is 12.6. The monoisotopic (exact) mass is 243 g/mol. The molecule has 1 aromatic rings. The highest BCUT2D eigenvalue weighted by Gasteiger charge is 2.37. The van der Waals surface area contributed by atoms with Crippen molar-refractivity contribution in [1.29, 1.82) is 0 Å². The van der Waals surface area contributed by atoms with Crippen molar-refractivity contribution in [3.8, 4) is 5.75 Å². The Morgan fingerprint density at radius 1 is 1.00 bits per heavy atom. The Balaban J connectivity index is 3.33. The maximum Gasteiger partial charge on any atom is 0.417 e. The minimum atomic E-state index is -4.89. The fourth-order valence-electron chi connectivity index (χ4n) is 0.970. The normalized spacial score (nSPS) is 12.7. The lowest BCUT2D eigenvalue weighted by atomic mass is 10.1. The first-order chi connectivity index (χ1) is 7.14. The first-order valence-electron chi connectivity index (χ1n) is 3.90. The van der Waals surface area contributed by atoms with Gasteiger partial charge in [0, 0.05) is 6.07 Å². The molecule has 89 valence electrons. The molecular weight excluding hydrogens is 238 g/mol. The lowest BCUT2D eigenvalue weighted by molar-refractivity contribution is -0.143. The number of halogens is 6. The van der Waals surface area contributed by atoms with Gasteiger partial charge in [0.1, 0.15) is 5.75 Å². The van der Waals surface area contributed by atoms with Crippen molar-refractivity contribution in [2.45, 2.75) is 12.4 Å². The quantitative estimate of drug-likeness (QED) is 0.685. The van der Waals surface area contributed by atoms with E-state index in [2.05, 4.69) is 4.74 Å². The van der Waals surface area contributed by atoms with Gasteiger partial charge in [-0.3, -0.25) is 0 Å². The third kappa shape index (κ3) is 2.80. The topological polar surface area (TPSA) is 9.23 Å². The van der Waals surface area contributed by atoms with E-state index in [9.17, 15) is 26.3 Å². The number of hydrogen-bond acceptors (Lipinski definition) is 1. The molecule has 16 heavy (non-hydrogen) atoms. The van der Waals surface area contributed by atoms with Crippen LogP contribution < -0.4 is 4.74 Å². The number of ether oxygens (including phenoxy) is 1. The van der Waals surface area contributed by atoms with Crippen molar-refractivity contribution in [1.82, 2.24) is 0 Å². The molecule has 0 aliphatic carbocycles. The van der Waals surface area contributed by atoms with E-state index in [1.807, 2.05) is 0 Å². The molecule has 0 N–H and O–H groups in total. The van der Waals surface area contributed by atoms with Crippen molar-refractivity contribution < 1.29 is 31.1 Å². The van der Waals surface area contributed by atoms with E-state index < -0.39 is 29.2 Å². The summed E-state index contributed by atoms with van der Waals surface area (Å²) >= 11 is 0. The van der Waals surface area contributed by atoms with Gasteiger partial charge in [0.15, 0.2) is 0 Å². The van der Waals surface area contributed by atoms with Gasteiger partial charge in [-0.15, -0.1) is 0 Å². The summed E-state index contributed by atoms with van der Waals surface area (Å²) in [7, 11) is 0.964. The molecule has 0 atom stereocenters. The average molecular weight is 243 g/mol. The Morgan fingerprint density at radius 2 is 1.56 bits per heavy atom. The molecule has 0 saturated heterocycles. The third-order valence-electron chi connectivity index (χ3n) is 1.70. The largest absolute Gasteiger partial charge is 0.496 e. The summed E-state index contributed by atoms with van der Waals surface area (Å²) < 4.78 is 77.7. The average Bonchev–Trinajstić information content (AvgIpc) is 2.14. The van der Waals surface area contributed by atoms with Crippen molar-refractivity contribution in [2.75, 3.05) is 7.11 Å². The van der Waals surface area contributed by atoms with Crippen LogP contribution in [0.5, 0.6) is 5.75 Å². The first kappa shape index (κ1) is 12.7. The van der Waals surface area contributed by atoms with E-state index in [1.165, 1.54) is 0 Å². The molecule has 1 rings (SSSR count). The predicted molar refractivity (Wildman–Crippen MR) is 41.8 cm³/mol. The predicted octanol–water partition coefficient (Wildman–Crippen LogP) is 3.53. The van der Waals surface area contributed by atoms with E-state index in [4.69, 9.17) is 0 Å². The third-order valence-corrected chi connectivity index (χ3v) is 1.70. The Bertz CT molecular complexity index is 346. The van der Waals surface area contributed by atoms with E-state index >= 15 is 0 Å². The van der Waals surface area contributed by atoms with Gasteiger partial charge in [0.2, 0.25) is 0 Å². The molecule has 7 heteroatoms. The summed E-state index contributed by atoms with van der Waals surface area (Å²) in [5.74, 6) is -0.609. The molecule has 0 aliphatic rings. The lowest BCUT2D eigenvalue weighted by Gasteiger charge is -2.12. The van der Waals surface area contributed by atoms with Crippen LogP contribution in [0.15, 0.2) is 12.1 Å². The molecule has 1 nitrogen and oxygen atoms in total. The second-order valence-electron chi connectivity index (χ2n) is 2.85. The summed E-state index contributed by atoms with van der Waals surface area (Å²) in [5, 5.41) is 0. The van der Waals surface area contributed by atoms with Crippen molar-refractivity contribution >= 4 is 0 Å². The Kier molecular flexibility index (Phi) is 3.07. The van der Waals surface area contributed by atoms with Gasteiger partial charge in [-0.2, -0.15) is 26.3 Å². The number of alkyl halides is 6. The number of benzene rings is 1. The summed E-state index contributed by atoms with van der Waals surface area (Å²) in [6.07, 6.45) is -9.75. The Labute approximate surface area is 86.6 Å². The molecule has 0 aliphatic heterocycles. The second kappa shape index (κ2) is 3.88. The van der Waals surface area contributed by atoms with E-state index in [1.54, 1.807) is 6.07 Å². The van der Waals surface area contributed by atoms with E-state index in [0.717, 1.165) is 7.11 Å². The van der Waals surface area contributed by atoms with Crippen LogP contribution >= 0.6 is 0 Å². The van der Waals surface area contributed by atoms with Crippen LogP contribution in [0, 0.1) is 6.07 Å². The van der Waals surface area contributed by atoms with Gasteiger partial charge in [0.25, 0.3) is 0 Å². The highest BCUT2D eigenvalue weighted by atomic mass is 19.4. The van der Waals surface area contributed by atoms with Crippen LogP contribution in [0.3, 0.4) is 0 Å². The molecule has 0 spiro atoms. The van der Waals surface area contributed by atoms with Crippen LogP contribution in [0.4, 0.5) is 26.3 Å². The van der Waals surface area contributed by atoms with Crippen molar-refractivity contribution in [3.05, 3.63) is 29.3 Å². The minimum Gasteiger partial charge on any atom is -0.496 e. The van der Waals surface area contributed by atoms with Crippen LogP contribution in [0.1, 0.15) is 11.1 Å². The van der Waals surface area contributed by atoms with Crippen LogP contribution in [0.2, 0.25) is 0 Å². The molecular formula is C9H5F6O. The Morgan fingerprint density at radius 3 is 1.94 bits per heavy atom. The van der Waals surface area contributed by atoms with Crippen LogP contribution in [-0.4, -0.2) is 7.11 Å². The van der Waals surface area contributed by atoms with Crippen molar-refractivity contribution in [2.24, 2.45) is 0 Å². The van der Waals surface area contributed by atoms with Crippen LogP contribution in [-0.2, 0) is 12.4 Å². The van der Waals surface area contributed by atoms with Gasteiger partial charge in [0.05, 0.1) is 18.2 Å². The maximum atomic E-state index is 12.2. The number of hydrogen-bond donors (Lipinski definition) is 0. The fourth-order valence-corrected chi connectivity index (χ4v) is 0.970. The first-order valence-corrected chi connectivity index (χ1v) is 3.90. The maximum absolute atomic E-state index is 12.2. The summed E-state index contributed by atoms with van der Waals surface area (Å²) in [5.41, 5.74) is -2.94. The fraction of sp³-hybridized carbons (Fsp3) is 0.333. The van der Waals surface area contributed by atoms with Gasteiger partial charge in [-0.1, -0.05) is 0 Å². The standard InChI is InChI=1S/C9H5F6O/c1-16-7-3-5(8(10,11)12)2-6(4-7)9(13,14)15/h2-3H,1H3. The molecule has 0 aromatic heterocycles. The second-order valence-corrected chi connectivity index (χ2v) is 2.85. The molecule has 0 heterocycles. The van der Waals surface area contributed by atoms with Gasteiger partial charge < -0.3 is 4.74 Å². The molecule has 0 fully saturated rings. The van der Waals surface area contributed by atoms with Gasteiger partial charge in [-0.25, -0.2) is 0 Å². The number of rotatable bonds is 1. The molecule has 1 radical (unpaired) electrons. The van der Waals surface area contributed by atoms with Crippen LogP contribution in [0.25, 0.3) is 0 Å². The molecule has 0 saturated carbocycles.